The first-order chi connectivity index (χ1) is 4.72. The zero-order valence-corrected chi connectivity index (χ0v) is 4.83. The maximum atomic E-state index is 10.4. The lowest BCUT2D eigenvalue weighted by Crippen LogP contribution is -2.32. The van der Waals surface area contributed by atoms with Crippen molar-refractivity contribution in [2.45, 2.75) is 0 Å². The number of aromatic amines is 1. The van der Waals surface area contributed by atoms with Crippen LogP contribution >= 0.6 is 0 Å². The molecule has 1 aromatic rings. The SMILES string of the molecule is O=C([O-])C(=O)c1ncc[nH]1. The van der Waals surface area contributed by atoms with Crippen molar-refractivity contribution >= 4 is 11.8 Å². The second-order valence-electron chi connectivity index (χ2n) is 1.55. The van der Waals surface area contributed by atoms with E-state index >= 15 is 0 Å². The number of hydrogen-bond donors (Lipinski definition) is 1. The number of rotatable bonds is 2. The highest BCUT2D eigenvalue weighted by molar-refractivity contribution is 6.37. The molecule has 0 radical (unpaired) electrons. The van der Waals surface area contributed by atoms with Gasteiger partial charge in [-0.1, -0.05) is 0 Å². The van der Waals surface area contributed by atoms with Crippen molar-refractivity contribution in [1.82, 2.24) is 9.97 Å². The van der Waals surface area contributed by atoms with Crippen LogP contribution in [0.15, 0.2) is 12.4 Å². The van der Waals surface area contributed by atoms with Crippen molar-refractivity contribution in [3.63, 3.8) is 0 Å². The van der Waals surface area contributed by atoms with Gasteiger partial charge in [-0.05, 0) is 0 Å². The third-order valence-electron chi connectivity index (χ3n) is 0.899. The Labute approximate surface area is 55.7 Å². The maximum absolute atomic E-state index is 10.4. The van der Waals surface area contributed by atoms with Crippen molar-refractivity contribution in [1.29, 1.82) is 0 Å². The molecule has 0 aliphatic rings. The Morgan fingerprint density at radius 1 is 1.60 bits per heavy atom. The van der Waals surface area contributed by atoms with E-state index in [0.717, 1.165) is 0 Å². The van der Waals surface area contributed by atoms with Gasteiger partial charge < -0.3 is 14.9 Å². The van der Waals surface area contributed by atoms with Crippen molar-refractivity contribution < 1.29 is 14.7 Å². The summed E-state index contributed by atoms with van der Waals surface area (Å²) in [6.45, 7) is 0. The number of aliphatic carboxylic acids is 1. The standard InChI is InChI=1S/C5H4N2O3/c8-3(5(9)10)4-6-1-2-7-4/h1-2H,(H,6,7)(H,9,10)/p-1. The van der Waals surface area contributed by atoms with E-state index in [9.17, 15) is 14.7 Å². The maximum Gasteiger partial charge on any atom is 0.243 e. The molecule has 10 heavy (non-hydrogen) atoms. The molecule has 0 amide bonds. The lowest BCUT2D eigenvalue weighted by Gasteiger charge is -1.94. The monoisotopic (exact) mass is 139 g/mol. The Morgan fingerprint density at radius 3 is 2.70 bits per heavy atom. The molecule has 0 aliphatic heterocycles. The molecule has 5 nitrogen and oxygen atoms in total. The third-order valence-corrected chi connectivity index (χ3v) is 0.899. The number of imidazole rings is 1. The van der Waals surface area contributed by atoms with Crippen LogP contribution in [0.5, 0.6) is 0 Å². The number of carbonyl (C=O) groups is 2. The van der Waals surface area contributed by atoms with Gasteiger partial charge in [0.25, 0.3) is 0 Å². The molecule has 0 atom stereocenters. The van der Waals surface area contributed by atoms with Crippen molar-refractivity contribution in [3.8, 4) is 0 Å². The summed E-state index contributed by atoms with van der Waals surface area (Å²) in [6.07, 6.45) is 2.65. The quantitative estimate of drug-likeness (QED) is 0.392. The fourth-order valence-electron chi connectivity index (χ4n) is 0.486. The minimum absolute atomic E-state index is 0.208. The highest BCUT2D eigenvalue weighted by Gasteiger charge is 2.07. The summed E-state index contributed by atoms with van der Waals surface area (Å²) in [5.41, 5.74) is 0. The molecule has 0 aliphatic carbocycles. The van der Waals surface area contributed by atoms with Crippen LogP contribution in [0.3, 0.4) is 0 Å². The molecule has 0 spiro atoms. The number of nitrogens with one attached hydrogen (secondary N) is 1. The molecule has 5 heteroatoms. The first-order valence-electron chi connectivity index (χ1n) is 2.47. The van der Waals surface area contributed by atoms with E-state index in [-0.39, 0.29) is 5.82 Å². The Morgan fingerprint density at radius 2 is 2.30 bits per heavy atom. The van der Waals surface area contributed by atoms with Gasteiger partial charge in [0.05, 0.1) is 0 Å². The summed E-state index contributed by atoms with van der Waals surface area (Å²) in [6, 6.07) is 0. The number of Topliss-reactive ketones (excluding diaryl/α,β-unsaturated/α-hetero) is 1. The molecular formula is C5H3N2O3-. The van der Waals surface area contributed by atoms with Gasteiger partial charge in [0.2, 0.25) is 5.78 Å². The van der Waals surface area contributed by atoms with Gasteiger partial charge in [-0.2, -0.15) is 0 Å². The molecule has 1 heterocycles. The predicted octanol–water partition coefficient (Wildman–Crippen LogP) is -1.66. The first kappa shape index (κ1) is 6.47. The summed E-state index contributed by atoms with van der Waals surface area (Å²) in [7, 11) is 0. The van der Waals surface area contributed by atoms with E-state index in [4.69, 9.17) is 0 Å². The molecule has 52 valence electrons. The van der Waals surface area contributed by atoms with Crippen LogP contribution in [-0.4, -0.2) is 21.7 Å². The van der Waals surface area contributed by atoms with E-state index in [0.29, 0.717) is 0 Å². The molecule has 1 rings (SSSR count). The molecule has 0 saturated heterocycles. The summed E-state index contributed by atoms with van der Waals surface area (Å²) in [5, 5.41) is 9.88. The minimum atomic E-state index is -1.75. The minimum Gasteiger partial charge on any atom is -0.541 e. The lowest BCUT2D eigenvalue weighted by molar-refractivity contribution is -0.296. The van der Waals surface area contributed by atoms with Crippen LogP contribution in [0.4, 0.5) is 0 Å². The number of aromatic nitrogens is 2. The molecule has 0 saturated carbocycles. The fraction of sp³-hybridized carbons (Fsp3) is 0. The Bertz CT molecular complexity index is 252. The smallest absolute Gasteiger partial charge is 0.243 e. The van der Waals surface area contributed by atoms with Gasteiger partial charge in [0.15, 0.2) is 5.82 Å². The second kappa shape index (κ2) is 2.30. The van der Waals surface area contributed by atoms with Gasteiger partial charge >= 0.3 is 0 Å². The van der Waals surface area contributed by atoms with E-state index in [2.05, 4.69) is 9.97 Å². The first-order valence-corrected chi connectivity index (χ1v) is 2.47. The Hall–Kier alpha value is -1.65. The van der Waals surface area contributed by atoms with Crippen LogP contribution in [0.1, 0.15) is 10.6 Å². The van der Waals surface area contributed by atoms with Gasteiger partial charge in [-0.25, -0.2) is 4.98 Å². The van der Waals surface area contributed by atoms with E-state index in [1.165, 1.54) is 12.4 Å². The van der Waals surface area contributed by atoms with Crippen molar-refractivity contribution in [2.24, 2.45) is 0 Å². The van der Waals surface area contributed by atoms with Crippen LogP contribution in [0.25, 0.3) is 0 Å². The molecule has 0 fully saturated rings. The number of nitrogens with zero attached hydrogens (tertiary/aromatic N) is 1. The number of ketones is 1. The lowest BCUT2D eigenvalue weighted by atomic mass is 10.4. The topological polar surface area (TPSA) is 85.9 Å². The summed E-state index contributed by atoms with van der Waals surface area (Å²) >= 11 is 0. The molecule has 1 aromatic heterocycles. The van der Waals surface area contributed by atoms with Gasteiger partial charge in [0.1, 0.15) is 5.97 Å². The number of carboxylic acid groups (broad SMARTS) is 1. The number of hydrogen-bond acceptors (Lipinski definition) is 4. The van der Waals surface area contributed by atoms with Crippen LogP contribution < -0.4 is 5.11 Å². The highest BCUT2D eigenvalue weighted by atomic mass is 16.4. The predicted molar refractivity (Wildman–Crippen MR) is 27.9 cm³/mol. The summed E-state index contributed by atoms with van der Waals surface area (Å²) in [5.74, 6) is -3.10. The van der Waals surface area contributed by atoms with Crippen molar-refractivity contribution in [3.05, 3.63) is 18.2 Å². The highest BCUT2D eigenvalue weighted by Crippen LogP contribution is 1.87. The van der Waals surface area contributed by atoms with Gasteiger partial charge in [-0.15, -0.1) is 0 Å². The number of carbonyl (C=O) groups excluding carboxylic acids is 2. The average Bonchev–Trinajstić information content (AvgIpc) is 2.36. The zero-order valence-electron chi connectivity index (χ0n) is 4.83. The number of carboxylic acids is 1. The van der Waals surface area contributed by atoms with E-state index in [1.807, 2.05) is 0 Å². The molecule has 0 aromatic carbocycles. The fourth-order valence-corrected chi connectivity index (χ4v) is 0.486. The van der Waals surface area contributed by atoms with E-state index in [1.54, 1.807) is 0 Å². The largest absolute Gasteiger partial charge is 0.541 e. The second-order valence-corrected chi connectivity index (χ2v) is 1.55. The Balaban J connectivity index is 2.88. The van der Waals surface area contributed by atoms with Gasteiger partial charge in [0, 0.05) is 12.4 Å². The van der Waals surface area contributed by atoms with Crippen LogP contribution in [0.2, 0.25) is 0 Å². The molecule has 0 bridgehead atoms. The normalized spacial score (nSPS) is 9.20. The van der Waals surface area contributed by atoms with E-state index < -0.39 is 11.8 Å². The average molecular weight is 139 g/mol. The Kier molecular flexibility index (Phi) is 1.49. The van der Waals surface area contributed by atoms with Crippen LogP contribution in [-0.2, 0) is 4.79 Å². The summed E-state index contributed by atoms with van der Waals surface area (Å²) < 4.78 is 0. The molecular weight excluding hydrogens is 136 g/mol. The van der Waals surface area contributed by atoms with Gasteiger partial charge in [-0.3, -0.25) is 4.79 Å². The third kappa shape index (κ3) is 1.02. The number of H-pyrrole nitrogens is 1. The summed E-state index contributed by atoms with van der Waals surface area (Å²) in [4.78, 5) is 26.1. The molecule has 1 N–H and O–H groups in total. The molecule has 0 unspecified atom stereocenters. The van der Waals surface area contributed by atoms with Crippen molar-refractivity contribution in [2.75, 3.05) is 0 Å². The van der Waals surface area contributed by atoms with Crippen LogP contribution in [0, 0.1) is 0 Å². The zero-order chi connectivity index (χ0) is 7.56.